The summed E-state index contributed by atoms with van der Waals surface area (Å²) in [5.74, 6) is -0.151. The van der Waals surface area contributed by atoms with Gasteiger partial charge in [0, 0.05) is 14.1 Å². The number of nitrogens with zero attached hydrogens (tertiary/aromatic N) is 4. The van der Waals surface area contributed by atoms with Crippen LogP contribution in [0, 0.1) is 0 Å². The first-order valence-corrected chi connectivity index (χ1v) is 4.88. The van der Waals surface area contributed by atoms with Crippen molar-refractivity contribution in [3.8, 4) is 5.69 Å². The molecule has 0 aliphatic carbocycles. The summed E-state index contributed by atoms with van der Waals surface area (Å²) in [5.41, 5.74) is 1.22. The smallest absolute Gasteiger partial charge is 0.275 e. The maximum atomic E-state index is 11.6. The number of hydrogen-bond donors (Lipinski definition) is 0. The van der Waals surface area contributed by atoms with Gasteiger partial charge in [-0.15, -0.1) is 5.10 Å². The van der Waals surface area contributed by atoms with Crippen LogP contribution in [0.25, 0.3) is 5.69 Å². The van der Waals surface area contributed by atoms with Gasteiger partial charge in [0.1, 0.15) is 0 Å². The van der Waals surface area contributed by atoms with Crippen molar-refractivity contribution in [1.29, 1.82) is 0 Å². The quantitative estimate of drug-likeness (QED) is 0.751. The molecule has 5 heteroatoms. The normalized spacial score (nSPS) is 10.1. The van der Waals surface area contributed by atoms with Crippen molar-refractivity contribution in [1.82, 2.24) is 19.9 Å². The van der Waals surface area contributed by atoms with Gasteiger partial charge in [-0.2, -0.15) is 0 Å². The van der Waals surface area contributed by atoms with Gasteiger partial charge in [-0.25, -0.2) is 4.68 Å². The molecule has 0 atom stereocenters. The Morgan fingerprint density at radius 2 is 1.94 bits per heavy atom. The average molecular weight is 216 g/mol. The maximum Gasteiger partial charge on any atom is 0.275 e. The molecule has 0 aliphatic heterocycles. The van der Waals surface area contributed by atoms with Crippen molar-refractivity contribution in [2.45, 2.75) is 0 Å². The Balaban J connectivity index is 2.30. The van der Waals surface area contributed by atoms with Gasteiger partial charge in [-0.3, -0.25) is 4.79 Å². The van der Waals surface area contributed by atoms with Gasteiger partial charge < -0.3 is 4.90 Å². The zero-order valence-corrected chi connectivity index (χ0v) is 9.16. The summed E-state index contributed by atoms with van der Waals surface area (Å²) in [5, 5.41) is 7.74. The van der Waals surface area contributed by atoms with E-state index in [9.17, 15) is 4.79 Å². The SMILES string of the molecule is CN(C)C(=O)c1cn(-c2ccccc2)nn1. The van der Waals surface area contributed by atoms with Gasteiger partial charge in [-0.05, 0) is 12.1 Å². The first kappa shape index (κ1) is 10.4. The van der Waals surface area contributed by atoms with E-state index >= 15 is 0 Å². The van der Waals surface area contributed by atoms with Gasteiger partial charge >= 0.3 is 0 Å². The number of amides is 1. The maximum absolute atomic E-state index is 11.6. The highest BCUT2D eigenvalue weighted by molar-refractivity contribution is 5.91. The standard InChI is InChI=1S/C11H12N4O/c1-14(2)11(16)10-8-15(13-12-10)9-6-4-3-5-7-9/h3-8H,1-2H3. The summed E-state index contributed by atoms with van der Waals surface area (Å²) in [4.78, 5) is 13.1. The van der Waals surface area contributed by atoms with Crippen LogP contribution in [0.1, 0.15) is 10.5 Å². The largest absolute Gasteiger partial charge is 0.343 e. The molecule has 0 N–H and O–H groups in total. The number of hydrogen-bond acceptors (Lipinski definition) is 3. The van der Waals surface area contributed by atoms with Crippen LogP contribution in [0.4, 0.5) is 0 Å². The molecule has 1 heterocycles. The van der Waals surface area contributed by atoms with Crippen LogP contribution in [-0.2, 0) is 0 Å². The fourth-order valence-corrected chi connectivity index (χ4v) is 1.30. The average Bonchev–Trinajstić information content (AvgIpc) is 2.78. The molecule has 2 aromatic rings. The molecule has 0 bridgehead atoms. The fourth-order valence-electron chi connectivity index (χ4n) is 1.30. The summed E-state index contributed by atoms with van der Waals surface area (Å²) < 4.78 is 1.58. The summed E-state index contributed by atoms with van der Waals surface area (Å²) in [6.45, 7) is 0. The highest BCUT2D eigenvalue weighted by atomic mass is 16.2. The second-order valence-electron chi connectivity index (χ2n) is 3.58. The van der Waals surface area contributed by atoms with Crippen LogP contribution in [0.15, 0.2) is 36.5 Å². The second-order valence-corrected chi connectivity index (χ2v) is 3.58. The number of para-hydroxylation sites is 1. The Morgan fingerprint density at radius 1 is 1.25 bits per heavy atom. The van der Waals surface area contributed by atoms with Crippen LogP contribution in [0.3, 0.4) is 0 Å². The fraction of sp³-hybridized carbons (Fsp3) is 0.182. The number of benzene rings is 1. The lowest BCUT2D eigenvalue weighted by molar-refractivity contribution is 0.0822. The third kappa shape index (κ3) is 1.93. The van der Waals surface area contributed by atoms with Crippen LogP contribution < -0.4 is 0 Å². The molecular formula is C11H12N4O. The lowest BCUT2D eigenvalue weighted by Gasteiger charge is -2.05. The number of carbonyl (C=O) groups excluding carboxylic acids is 1. The summed E-state index contributed by atoms with van der Waals surface area (Å²) in [7, 11) is 3.37. The first-order chi connectivity index (χ1) is 7.68. The van der Waals surface area contributed by atoms with E-state index in [-0.39, 0.29) is 5.91 Å². The van der Waals surface area contributed by atoms with Crippen molar-refractivity contribution in [3.05, 3.63) is 42.2 Å². The van der Waals surface area contributed by atoms with Gasteiger partial charge in [0.25, 0.3) is 5.91 Å². The van der Waals surface area contributed by atoms with Gasteiger partial charge in [0.15, 0.2) is 5.69 Å². The third-order valence-corrected chi connectivity index (χ3v) is 2.14. The Labute approximate surface area is 93.3 Å². The molecule has 2 rings (SSSR count). The van der Waals surface area contributed by atoms with Crippen molar-refractivity contribution in [2.24, 2.45) is 0 Å². The molecule has 5 nitrogen and oxygen atoms in total. The highest BCUT2D eigenvalue weighted by Gasteiger charge is 2.12. The zero-order chi connectivity index (χ0) is 11.5. The highest BCUT2D eigenvalue weighted by Crippen LogP contribution is 2.06. The van der Waals surface area contributed by atoms with E-state index in [4.69, 9.17) is 0 Å². The van der Waals surface area contributed by atoms with Gasteiger partial charge in [0.2, 0.25) is 0 Å². The molecule has 0 saturated heterocycles. The number of carbonyl (C=O) groups is 1. The molecule has 0 aliphatic rings. The molecule has 0 saturated carbocycles. The Kier molecular flexibility index (Phi) is 2.68. The zero-order valence-electron chi connectivity index (χ0n) is 9.16. The predicted octanol–water partition coefficient (Wildman–Crippen LogP) is 0.969. The molecule has 82 valence electrons. The minimum Gasteiger partial charge on any atom is -0.343 e. The van der Waals surface area contributed by atoms with E-state index < -0.39 is 0 Å². The van der Waals surface area contributed by atoms with Crippen LogP contribution >= 0.6 is 0 Å². The Hall–Kier alpha value is -2.17. The van der Waals surface area contributed by atoms with Crippen molar-refractivity contribution < 1.29 is 4.79 Å². The topological polar surface area (TPSA) is 51.0 Å². The molecule has 1 aromatic carbocycles. The van der Waals surface area contributed by atoms with Crippen molar-refractivity contribution in [2.75, 3.05) is 14.1 Å². The minimum atomic E-state index is -0.151. The third-order valence-electron chi connectivity index (χ3n) is 2.14. The molecule has 0 fully saturated rings. The summed E-state index contributed by atoms with van der Waals surface area (Å²) in [6.07, 6.45) is 1.62. The van der Waals surface area contributed by atoms with E-state index in [1.165, 1.54) is 4.90 Å². The molecule has 0 unspecified atom stereocenters. The monoisotopic (exact) mass is 216 g/mol. The van der Waals surface area contributed by atoms with Crippen LogP contribution in [-0.4, -0.2) is 39.9 Å². The second kappa shape index (κ2) is 4.14. The van der Waals surface area contributed by atoms with Crippen molar-refractivity contribution in [3.63, 3.8) is 0 Å². The lowest BCUT2D eigenvalue weighted by atomic mass is 10.3. The van der Waals surface area contributed by atoms with E-state index in [1.807, 2.05) is 30.3 Å². The minimum absolute atomic E-state index is 0.151. The van der Waals surface area contributed by atoms with Gasteiger partial charge in [-0.1, -0.05) is 23.4 Å². The van der Waals surface area contributed by atoms with Gasteiger partial charge in [0.05, 0.1) is 11.9 Å². The molecule has 1 aromatic heterocycles. The Bertz CT molecular complexity index is 490. The summed E-state index contributed by atoms with van der Waals surface area (Å²) >= 11 is 0. The van der Waals surface area contributed by atoms with E-state index in [0.29, 0.717) is 5.69 Å². The first-order valence-electron chi connectivity index (χ1n) is 4.88. The van der Waals surface area contributed by atoms with Crippen LogP contribution in [0.5, 0.6) is 0 Å². The molecule has 0 spiro atoms. The Morgan fingerprint density at radius 3 is 2.56 bits per heavy atom. The lowest BCUT2D eigenvalue weighted by Crippen LogP contribution is -2.21. The summed E-state index contributed by atoms with van der Waals surface area (Å²) in [6, 6.07) is 9.54. The number of aromatic nitrogens is 3. The number of rotatable bonds is 2. The van der Waals surface area contributed by atoms with Crippen molar-refractivity contribution >= 4 is 5.91 Å². The van der Waals surface area contributed by atoms with E-state index in [2.05, 4.69) is 10.3 Å². The molecule has 0 radical (unpaired) electrons. The van der Waals surface area contributed by atoms with Crippen LogP contribution in [0.2, 0.25) is 0 Å². The molecule has 16 heavy (non-hydrogen) atoms. The van der Waals surface area contributed by atoms with E-state index in [1.54, 1.807) is 25.0 Å². The predicted molar refractivity (Wildman–Crippen MR) is 59.4 cm³/mol. The van der Waals surface area contributed by atoms with E-state index in [0.717, 1.165) is 5.69 Å². The molecular weight excluding hydrogens is 204 g/mol. The molecule has 1 amide bonds.